The first kappa shape index (κ1) is 15.8. The van der Waals surface area contributed by atoms with Crippen molar-refractivity contribution in [2.75, 3.05) is 6.54 Å². The highest BCUT2D eigenvalue weighted by Gasteiger charge is 2.13. The van der Waals surface area contributed by atoms with Gasteiger partial charge in [0, 0.05) is 19.0 Å². The first-order valence-electron chi connectivity index (χ1n) is 7.34. The van der Waals surface area contributed by atoms with Crippen molar-refractivity contribution in [3.63, 3.8) is 0 Å². The molecule has 1 rings (SSSR count). The van der Waals surface area contributed by atoms with Gasteiger partial charge in [-0.15, -0.1) is 0 Å². The third-order valence-corrected chi connectivity index (χ3v) is 3.15. The number of carbonyl (C=O) groups excluding carboxylic acids is 1. The van der Waals surface area contributed by atoms with Crippen LogP contribution in [0.1, 0.15) is 58.8 Å². The number of nitrogens with two attached hydrogens (primary N) is 1. The van der Waals surface area contributed by atoms with E-state index in [4.69, 9.17) is 10.5 Å². The minimum atomic E-state index is -0.163. The maximum atomic E-state index is 11.3. The zero-order valence-electron chi connectivity index (χ0n) is 12.2. The van der Waals surface area contributed by atoms with Crippen LogP contribution in [0.2, 0.25) is 0 Å². The van der Waals surface area contributed by atoms with Crippen molar-refractivity contribution >= 4 is 11.9 Å². The van der Waals surface area contributed by atoms with Gasteiger partial charge in [-0.25, -0.2) is 0 Å². The lowest BCUT2D eigenvalue weighted by atomic mass is 9.96. The average molecular weight is 269 g/mol. The Morgan fingerprint density at radius 3 is 2.68 bits per heavy atom. The fourth-order valence-corrected chi connectivity index (χ4v) is 2.25. The Bertz CT molecular complexity index is 297. The van der Waals surface area contributed by atoms with E-state index < -0.39 is 0 Å². The summed E-state index contributed by atoms with van der Waals surface area (Å²) < 4.78 is 5.04. The zero-order chi connectivity index (χ0) is 14.1. The highest BCUT2D eigenvalue weighted by atomic mass is 16.5. The summed E-state index contributed by atoms with van der Waals surface area (Å²) in [4.78, 5) is 15.5. The van der Waals surface area contributed by atoms with Crippen LogP contribution in [-0.2, 0) is 9.53 Å². The minimum absolute atomic E-state index is 0.0472. The second-order valence-electron chi connectivity index (χ2n) is 5.39. The summed E-state index contributed by atoms with van der Waals surface area (Å²) in [6.45, 7) is 4.27. The number of rotatable bonds is 6. The van der Waals surface area contributed by atoms with Gasteiger partial charge in [0.2, 0.25) is 0 Å². The van der Waals surface area contributed by atoms with Crippen molar-refractivity contribution in [1.29, 1.82) is 0 Å². The van der Waals surface area contributed by atoms with Crippen LogP contribution < -0.4 is 11.1 Å². The molecule has 1 fully saturated rings. The summed E-state index contributed by atoms with van der Waals surface area (Å²) >= 11 is 0. The topological polar surface area (TPSA) is 76.7 Å². The van der Waals surface area contributed by atoms with E-state index in [-0.39, 0.29) is 12.1 Å². The van der Waals surface area contributed by atoms with Crippen LogP contribution in [0, 0.1) is 0 Å². The molecule has 0 aromatic rings. The smallest absolute Gasteiger partial charge is 0.306 e. The van der Waals surface area contributed by atoms with Gasteiger partial charge in [-0.1, -0.05) is 19.3 Å². The van der Waals surface area contributed by atoms with Crippen LogP contribution in [0.3, 0.4) is 0 Å². The molecule has 0 unspecified atom stereocenters. The Labute approximate surface area is 116 Å². The maximum Gasteiger partial charge on any atom is 0.306 e. The zero-order valence-corrected chi connectivity index (χ0v) is 12.2. The number of esters is 1. The molecule has 0 atom stereocenters. The molecule has 110 valence electrons. The Hall–Kier alpha value is -1.26. The molecule has 0 amide bonds. The molecule has 0 heterocycles. The maximum absolute atomic E-state index is 11.3. The first-order valence-corrected chi connectivity index (χ1v) is 7.34. The molecule has 1 aliphatic rings. The van der Waals surface area contributed by atoms with Gasteiger partial charge >= 0.3 is 5.97 Å². The number of ether oxygens (including phenoxy) is 1. The lowest BCUT2D eigenvalue weighted by molar-refractivity contribution is -0.147. The molecule has 0 spiro atoms. The summed E-state index contributed by atoms with van der Waals surface area (Å²) in [6, 6.07) is 0.475. The SMILES string of the molecule is CC(C)OC(=O)CCCN=C(N)NC1CCCCC1. The summed E-state index contributed by atoms with van der Waals surface area (Å²) in [5, 5.41) is 3.25. The van der Waals surface area contributed by atoms with Crippen LogP contribution in [0.15, 0.2) is 4.99 Å². The number of hydrogen-bond donors (Lipinski definition) is 2. The molecule has 1 saturated carbocycles. The number of carbonyl (C=O) groups is 1. The quantitative estimate of drug-likeness (QED) is 0.334. The van der Waals surface area contributed by atoms with E-state index >= 15 is 0 Å². The minimum Gasteiger partial charge on any atom is -0.463 e. The fourth-order valence-electron chi connectivity index (χ4n) is 2.25. The third-order valence-electron chi connectivity index (χ3n) is 3.15. The van der Waals surface area contributed by atoms with E-state index in [0.29, 0.717) is 31.4 Å². The Morgan fingerprint density at radius 1 is 1.37 bits per heavy atom. The summed E-state index contributed by atoms with van der Waals surface area (Å²) in [5.41, 5.74) is 5.82. The van der Waals surface area contributed by atoms with Crippen molar-refractivity contribution in [2.45, 2.75) is 70.9 Å². The van der Waals surface area contributed by atoms with Gasteiger partial charge in [0.05, 0.1) is 6.10 Å². The Morgan fingerprint density at radius 2 is 2.05 bits per heavy atom. The number of guanidine groups is 1. The van der Waals surface area contributed by atoms with E-state index in [1.807, 2.05) is 13.8 Å². The number of nitrogens with one attached hydrogen (secondary N) is 1. The molecule has 1 aliphatic carbocycles. The summed E-state index contributed by atoms with van der Waals surface area (Å²) in [5.74, 6) is 0.341. The molecule has 0 saturated heterocycles. The summed E-state index contributed by atoms with van der Waals surface area (Å²) in [7, 11) is 0. The molecule has 0 aromatic heterocycles. The normalized spacial score (nSPS) is 17.5. The van der Waals surface area contributed by atoms with Crippen molar-refractivity contribution < 1.29 is 9.53 Å². The van der Waals surface area contributed by atoms with E-state index in [9.17, 15) is 4.79 Å². The molecule has 5 nitrogen and oxygen atoms in total. The van der Waals surface area contributed by atoms with Gasteiger partial charge in [0.15, 0.2) is 5.96 Å². The van der Waals surface area contributed by atoms with Crippen LogP contribution in [0.5, 0.6) is 0 Å². The molecular weight excluding hydrogens is 242 g/mol. The van der Waals surface area contributed by atoms with E-state index in [1.165, 1.54) is 32.1 Å². The van der Waals surface area contributed by atoms with Crippen molar-refractivity contribution in [2.24, 2.45) is 10.7 Å². The first-order chi connectivity index (χ1) is 9.08. The fraction of sp³-hybridized carbons (Fsp3) is 0.857. The van der Waals surface area contributed by atoms with E-state index in [0.717, 1.165) is 0 Å². The van der Waals surface area contributed by atoms with Gasteiger partial charge in [0.1, 0.15) is 0 Å². The van der Waals surface area contributed by atoms with Gasteiger partial charge in [-0.2, -0.15) is 0 Å². The third kappa shape index (κ3) is 7.70. The van der Waals surface area contributed by atoms with Crippen LogP contribution in [-0.4, -0.2) is 30.6 Å². The van der Waals surface area contributed by atoms with Gasteiger partial charge in [0.25, 0.3) is 0 Å². The molecule has 0 aliphatic heterocycles. The Kier molecular flexibility index (Phi) is 7.30. The van der Waals surface area contributed by atoms with Gasteiger partial charge < -0.3 is 15.8 Å². The standard InChI is InChI=1S/C14H27N3O2/c1-11(2)19-13(18)9-6-10-16-14(15)17-12-7-4-3-5-8-12/h11-12H,3-10H2,1-2H3,(H3,15,16,17). The molecule has 0 aromatic carbocycles. The molecule has 0 bridgehead atoms. The number of hydrogen-bond acceptors (Lipinski definition) is 3. The highest BCUT2D eigenvalue weighted by molar-refractivity contribution is 5.78. The highest BCUT2D eigenvalue weighted by Crippen LogP contribution is 2.16. The average Bonchev–Trinajstić information content (AvgIpc) is 2.35. The van der Waals surface area contributed by atoms with Crippen molar-refractivity contribution in [3.05, 3.63) is 0 Å². The van der Waals surface area contributed by atoms with Crippen LogP contribution in [0.25, 0.3) is 0 Å². The van der Waals surface area contributed by atoms with E-state index in [2.05, 4.69) is 10.3 Å². The van der Waals surface area contributed by atoms with Crippen molar-refractivity contribution in [1.82, 2.24) is 5.32 Å². The predicted octanol–water partition coefficient (Wildman–Crippen LogP) is 1.96. The molecule has 19 heavy (non-hydrogen) atoms. The van der Waals surface area contributed by atoms with Gasteiger partial charge in [-0.05, 0) is 33.1 Å². The van der Waals surface area contributed by atoms with Gasteiger partial charge in [-0.3, -0.25) is 9.79 Å². The monoisotopic (exact) mass is 269 g/mol. The largest absolute Gasteiger partial charge is 0.463 e. The summed E-state index contributed by atoms with van der Waals surface area (Å²) in [6.07, 6.45) is 7.25. The second kappa shape index (κ2) is 8.77. The van der Waals surface area contributed by atoms with Crippen molar-refractivity contribution in [3.8, 4) is 0 Å². The Balaban J connectivity index is 2.11. The number of aliphatic imine (C=N–C) groups is 1. The van der Waals surface area contributed by atoms with Crippen LogP contribution >= 0.6 is 0 Å². The lowest BCUT2D eigenvalue weighted by Gasteiger charge is -2.23. The lowest BCUT2D eigenvalue weighted by Crippen LogP contribution is -2.41. The molecule has 5 heteroatoms. The molecular formula is C14H27N3O2. The molecule has 0 radical (unpaired) electrons. The second-order valence-corrected chi connectivity index (χ2v) is 5.39. The van der Waals surface area contributed by atoms with E-state index in [1.54, 1.807) is 0 Å². The number of nitrogens with zero attached hydrogens (tertiary/aromatic N) is 1. The van der Waals surface area contributed by atoms with Crippen LogP contribution in [0.4, 0.5) is 0 Å². The molecule has 3 N–H and O–H groups in total. The predicted molar refractivity (Wildman–Crippen MR) is 77.0 cm³/mol.